The minimum Gasteiger partial charge on any atom is -0.307 e. The van der Waals surface area contributed by atoms with Crippen molar-refractivity contribution in [3.63, 3.8) is 0 Å². The first-order valence-electron chi connectivity index (χ1n) is 4.46. The Balaban J connectivity index is 3.28. The van der Waals surface area contributed by atoms with E-state index in [1.165, 1.54) is 6.42 Å². The van der Waals surface area contributed by atoms with E-state index in [0.29, 0.717) is 0 Å². The van der Waals surface area contributed by atoms with Crippen molar-refractivity contribution in [1.29, 1.82) is 0 Å². The fourth-order valence-corrected chi connectivity index (χ4v) is 0.944. The number of nitrogens with one attached hydrogen (secondary N) is 1. The van der Waals surface area contributed by atoms with Crippen molar-refractivity contribution in [1.82, 2.24) is 5.32 Å². The van der Waals surface area contributed by atoms with Gasteiger partial charge in [0.05, 0.1) is 6.04 Å². The van der Waals surface area contributed by atoms with E-state index in [1.807, 2.05) is 6.29 Å². The summed E-state index contributed by atoms with van der Waals surface area (Å²) in [5.74, 6) is 0. The minimum absolute atomic E-state index is 0.0356. The Hall–Kier alpha value is -0.370. The topological polar surface area (TPSA) is 29.1 Å². The Morgan fingerprint density at radius 3 is 2.55 bits per heavy atom. The molecule has 0 saturated heterocycles. The third-order valence-electron chi connectivity index (χ3n) is 1.64. The predicted octanol–water partition coefficient (Wildman–Crippen LogP) is 1.65. The lowest BCUT2D eigenvalue weighted by Crippen LogP contribution is -2.30. The van der Waals surface area contributed by atoms with Gasteiger partial charge in [-0.2, -0.15) is 0 Å². The van der Waals surface area contributed by atoms with Crippen molar-refractivity contribution in [2.75, 3.05) is 6.54 Å². The highest BCUT2D eigenvalue weighted by atomic mass is 16.1. The summed E-state index contributed by atoms with van der Waals surface area (Å²) in [6.07, 6.45) is 6.26. The number of carbonyl (C=O) groups excluding carboxylic acids is 1. The molecule has 0 aromatic heterocycles. The highest BCUT2D eigenvalue weighted by Crippen LogP contribution is 1.93. The third-order valence-corrected chi connectivity index (χ3v) is 1.64. The molecule has 0 aromatic carbocycles. The van der Waals surface area contributed by atoms with Crippen molar-refractivity contribution in [3.05, 3.63) is 0 Å². The third kappa shape index (κ3) is 6.05. The molecule has 0 aromatic rings. The van der Waals surface area contributed by atoms with E-state index in [4.69, 9.17) is 0 Å². The molecule has 0 spiro atoms. The highest BCUT2D eigenvalue weighted by Gasteiger charge is 2.03. The van der Waals surface area contributed by atoms with Gasteiger partial charge in [0.2, 0.25) is 6.29 Å². The van der Waals surface area contributed by atoms with Crippen LogP contribution in [0.3, 0.4) is 0 Å². The zero-order chi connectivity index (χ0) is 8.53. The van der Waals surface area contributed by atoms with Gasteiger partial charge in [0.1, 0.15) is 0 Å². The van der Waals surface area contributed by atoms with Gasteiger partial charge in [0.25, 0.3) is 0 Å². The molecule has 0 bridgehead atoms. The second-order valence-corrected chi connectivity index (χ2v) is 2.77. The quantitative estimate of drug-likeness (QED) is 0.568. The highest BCUT2D eigenvalue weighted by molar-refractivity contribution is 5.58. The fraction of sp³-hybridized carbons (Fsp3) is 0.889. The molecule has 1 N–H and O–H groups in total. The molecule has 0 amide bonds. The molecule has 0 rings (SSSR count). The minimum atomic E-state index is -0.0356. The molecular weight excluding hydrogens is 138 g/mol. The van der Waals surface area contributed by atoms with Gasteiger partial charge in [-0.3, -0.25) is 4.79 Å². The summed E-state index contributed by atoms with van der Waals surface area (Å²) in [6.45, 7) is 5.16. The Labute approximate surface area is 69.4 Å². The van der Waals surface area contributed by atoms with E-state index in [0.717, 1.165) is 25.8 Å². The van der Waals surface area contributed by atoms with Crippen molar-refractivity contribution in [3.8, 4) is 0 Å². The molecule has 65 valence electrons. The Morgan fingerprint density at radius 2 is 2.09 bits per heavy atom. The predicted molar refractivity (Wildman–Crippen MR) is 47.3 cm³/mol. The first kappa shape index (κ1) is 10.6. The van der Waals surface area contributed by atoms with Gasteiger partial charge in [-0.1, -0.05) is 26.7 Å². The van der Waals surface area contributed by atoms with Crippen molar-refractivity contribution in [2.45, 2.75) is 45.6 Å². The van der Waals surface area contributed by atoms with E-state index >= 15 is 0 Å². The van der Waals surface area contributed by atoms with Crippen LogP contribution in [0.25, 0.3) is 0 Å². The van der Waals surface area contributed by atoms with Crippen LogP contribution < -0.4 is 5.32 Å². The lowest BCUT2D eigenvalue weighted by molar-refractivity contribution is 0.493. The first-order valence-corrected chi connectivity index (χ1v) is 4.46. The monoisotopic (exact) mass is 156 g/mol. The smallest absolute Gasteiger partial charge is 0.216 e. The lowest BCUT2D eigenvalue weighted by Gasteiger charge is -2.09. The average molecular weight is 156 g/mol. The van der Waals surface area contributed by atoms with Crippen molar-refractivity contribution < 1.29 is 4.79 Å². The van der Waals surface area contributed by atoms with Crippen LogP contribution >= 0.6 is 0 Å². The van der Waals surface area contributed by atoms with Crippen molar-refractivity contribution >= 4 is 6.29 Å². The molecule has 0 aliphatic carbocycles. The Kier molecular flexibility index (Phi) is 7.47. The zero-order valence-corrected chi connectivity index (χ0v) is 7.52. The number of unbranched alkanes of at least 4 members (excludes halogenated alkanes) is 1. The standard InChI is InChI=1S/C9H18NO/c1-3-5-7-10-9(8-11)6-4-2/h9-10H,3-7H2,1-2H3. The molecule has 1 atom stereocenters. The number of rotatable bonds is 7. The van der Waals surface area contributed by atoms with Crippen LogP contribution in [0.15, 0.2) is 0 Å². The lowest BCUT2D eigenvalue weighted by atomic mass is 10.2. The van der Waals surface area contributed by atoms with Gasteiger partial charge >= 0.3 is 0 Å². The van der Waals surface area contributed by atoms with Gasteiger partial charge < -0.3 is 5.32 Å². The van der Waals surface area contributed by atoms with Gasteiger partial charge in [0, 0.05) is 0 Å². The maximum absolute atomic E-state index is 10.3. The van der Waals surface area contributed by atoms with E-state index in [2.05, 4.69) is 19.2 Å². The summed E-state index contributed by atoms with van der Waals surface area (Å²) in [5, 5.41) is 3.15. The molecule has 2 heteroatoms. The summed E-state index contributed by atoms with van der Waals surface area (Å²) in [5.41, 5.74) is 0. The molecule has 1 radical (unpaired) electrons. The van der Waals surface area contributed by atoms with Crippen LogP contribution in [0.5, 0.6) is 0 Å². The first-order chi connectivity index (χ1) is 5.35. The molecule has 0 aliphatic rings. The Bertz CT molecular complexity index is 93.6. The summed E-state index contributed by atoms with van der Waals surface area (Å²) in [4.78, 5) is 10.3. The second-order valence-electron chi connectivity index (χ2n) is 2.77. The molecule has 0 saturated carbocycles. The molecule has 1 unspecified atom stereocenters. The zero-order valence-electron chi connectivity index (χ0n) is 7.52. The molecule has 11 heavy (non-hydrogen) atoms. The van der Waals surface area contributed by atoms with Crippen LogP contribution in [-0.2, 0) is 4.79 Å². The van der Waals surface area contributed by atoms with Gasteiger partial charge in [-0.15, -0.1) is 0 Å². The van der Waals surface area contributed by atoms with Crippen LogP contribution in [-0.4, -0.2) is 18.9 Å². The van der Waals surface area contributed by atoms with E-state index in [9.17, 15) is 4.79 Å². The summed E-state index contributed by atoms with van der Waals surface area (Å²) >= 11 is 0. The molecule has 0 heterocycles. The summed E-state index contributed by atoms with van der Waals surface area (Å²) in [7, 11) is 0. The Morgan fingerprint density at radius 1 is 1.36 bits per heavy atom. The van der Waals surface area contributed by atoms with Gasteiger partial charge in [-0.05, 0) is 19.4 Å². The van der Waals surface area contributed by atoms with Crippen LogP contribution in [0.2, 0.25) is 0 Å². The molecule has 0 aliphatic heterocycles. The normalized spacial score (nSPS) is 12.9. The van der Waals surface area contributed by atoms with Crippen LogP contribution in [0.4, 0.5) is 0 Å². The summed E-state index contributed by atoms with van der Waals surface area (Å²) in [6, 6.07) is -0.0356. The van der Waals surface area contributed by atoms with Crippen LogP contribution in [0.1, 0.15) is 39.5 Å². The molecule has 0 fully saturated rings. The summed E-state index contributed by atoms with van der Waals surface area (Å²) < 4.78 is 0. The van der Waals surface area contributed by atoms with Gasteiger partial charge in [0.15, 0.2) is 0 Å². The average Bonchev–Trinajstić information content (AvgIpc) is 2.03. The largest absolute Gasteiger partial charge is 0.307 e. The maximum atomic E-state index is 10.3. The van der Waals surface area contributed by atoms with E-state index in [1.54, 1.807) is 0 Å². The second kappa shape index (κ2) is 7.73. The number of hydrogen-bond acceptors (Lipinski definition) is 2. The maximum Gasteiger partial charge on any atom is 0.216 e. The fourth-order valence-electron chi connectivity index (χ4n) is 0.944. The van der Waals surface area contributed by atoms with Crippen LogP contribution in [0, 0.1) is 0 Å². The SMILES string of the molecule is CCCCNC([C]=O)CCC. The van der Waals surface area contributed by atoms with Gasteiger partial charge in [-0.25, -0.2) is 0 Å². The van der Waals surface area contributed by atoms with Crippen molar-refractivity contribution in [2.24, 2.45) is 0 Å². The van der Waals surface area contributed by atoms with E-state index in [-0.39, 0.29) is 6.04 Å². The number of hydrogen-bond donors (Lipinski definition) is 1. The molecule has 2 nitrogen and oxygen atoms in total. The van der Waals surface area contributed by atoms with E-state index < -0.39 is 0 Å². The molecular formula is C9H18NO.